The van der Waals surface area contributed by atoms with E-state index in [9.17, 15) is 45.1 Å². The number of halogens is 1. The van der Waals surface area contributed by atoms with Gasteiger partial charge in [-0.05, 0) is 163 Å². The molecule has 0 radical (unpaired) electrons. The molecule has 8 aliphatic rings. The van der Waals surface area contributed by atoms with Crippen LogP contribution in [0, 0.1) is 53.7 Å². The molecule has 0 unspecified atom stereocenters. The van der Waals surface area contributed by atoms with E-state index in [1.54, 1.807) is 25.3 Å². The Balaban J connectivity index is 0.000000126. The van der Waals surface area contributed by atoms with E-state index >= 15 is 0 Å². The molecule has 12 heterocycles. The number of thiazole rings is 1. The van der Waals surface area contributed by atoms with Crippen LogP contribution in [0.2, 0.25) is 0 Å². The third-order valence-electron chi connectivity index (χ3n) is 22.2. The molecule has 7 aromatic heterocycles. The number of alkyl halides is 1. The molecule has 7 fully saturated rings. The number of H-pyrrole nitrogens is 4. The number of hydrogen-bond donors (Lipinski definition) is 11. The Bertz CT molecular complexity index is 5870. The number of nitrogen functional groups attached to an aromatic ring is 2. The first-order chi connectivity index (χ1) is 59.0. The number of aliphatic hydroxyl groups is 3. The van der Waals surface area contributed by atoms with Crippen molar-refractivity contribution in [2.75, 3.05) is 90.5 Å². The fourth-order valence-electron chi connectivity index (χ4n) is 15.8. The van der Waals surface area contributed by atoms with Crippen molar-refractivity contribution in [2.24, 2.45) is 36.0 Å². The number of primary amides is 1. The average molecular weight is 1790 g/mol. The topological polar surface area (TPSA) is 509 Å². The maximum Gasteiger partial charge on any atom is 0.458 e. The second-order valence-corrected chi connectivity index (χ2v) is 37.5. The zero-order valence-corrected chi connectivity index (χ0v) is 72.7. The van der Waals surface area contributed by atoms with Crippen molar-refractivity contribution in [3.05, 3.63) is 216 Å². The van der Waals surface area contributed by atoms with Crippen LogP contribution in [0.5, 0.6) is 5.75 Å². The number of rotatable bonds is 18. The van der Waals surface area contributed by atoms with Crippen molar-refractivity contribution in [2.45, 2.75) is 98.9 Å². The number of nitrogens with zero attached hydrogens (tertiary/aromatic N) is 15. The molecule has 123 heavy (non-hydrogen) atoms. The van der Waals surface area contributed by atoms with Gasteiger partial charge in [0.1, 0.15) is 81.3 Å². The minimum absolute atomic E-state index is 0.0250. The Morgan fingerprint density at radius 3 is 2.13 bits per heavy atom. The van der Waals surface area contributed by atoms with E-state index < -0.39 is 48.3 Å². The fourth-order valence-corrected chi connectivity index (χ4v) is 22.5. The molecule has 5 saturated heterocycles. The van der Waals surface area contributed by atoms with E-state index in [1.807, 2.05) is 32.3 Å². The van der Waals surface area contributed by atoms with Crippen molar-refractivity contribution in [3.63, 3.8) is 0 Å². The van der Waals surface area contributed by atoms with Crippen molar-refractivity contribution in [1.29, 1.82) is 5.41 Å². The van der Waals surface area contributed by atoms with Gasteiger partial charge in [0, 0.05) is 92.8 Å². The molecule has 5 aliphatic heterocycles. The van der Waals surface area contributed by atoms with Crippen LogP contribution in [-0.2, 0) is 37.9 Å². The number of imidazole rings is 3. The number of anilines is 2. The van der Waals surface area contributed by atoms with Gasteiger partial charge in [-0.1, -0.05) is 116 Å². The number of aliphatic hydroxyl groups excluding tert-OH is 3. The highest BCUT2D eigenvalue weighted by Gasteiger charge is 2.57. The number of aromatic amines is 4. The quantitative estimate of drug-likeness (QED) is 0.00327. The number of benzene rings is 4. The summed E-state index contributed by atoms with van der Waals surface area (Å²) in [6.07, 6.45) is 12.6. The Kier molecular flexibility index (Phi) is 28.9. The zero-order chi connectivity index (χ0) is 87.6. The molecular weight excluding hydrogens is 1700 g/mol. The summed E-state index contributed by atoms with van der Waals surface area (Å²) in [5.74, 6) is 2.26. The lowest BCUT2D eigenvalue weighted by Gasteiger charge is -2.58. The summed E-state index contributed by atoms with van der Waals surface area (Å²) in [6, 6.07) is 35.7. The lowest BCUT2D eigenvalue weighted by molar-refractivity contribution is -0.672. The third-order valence-corrected chi connectivity index (χ3v) is 30.2. The molecule has 2 saturated carbocycles. The molecule has 0 spiro atoms. The Labute approximate surface area is 729 Å². The summed E-state index contributed by atoms with van der Waals surface area (Å²) in [6.45, 7) is 11.9. The van der Waals surface area contributed by atoms with Crippen molar-refractivity contribution >= 4 is 145 Å². The normalized spacial score (nSPS) is 22.5. The van der Waals surface area contributed by atoms with Gasteiger partial charge >= 0.3 is 17.7 Å². The van der Waals surface area contributed by atoms with Crippen LogP contribution in [0.4, 0.5) is 17.7 Å². The molecule has 4 aromatic carbocycles. The predicted octanol–water partition coefficient (Wildman–Crippen LogP) is 8.60. The molecule has 1 amide bonds. The van der Waals surface area contributed by atoms with Crippen molar-refractivity contribution in [3.8, 4) is 5.75 Å². The molecule has 14 N–H and O–H groups in total. The number of aryl methyl sites for hydroxylation is 1. The van der Waals surface area contributed by atoms with Crippen molar-refractivity contribution in [1.82, 2.24) is 78.4 Å². The summed E-state index contributed by atoms with van der Waals surface area (Å²) < 4.78 is 26.8. The molecular formula is C81H95ClN23O13PS4. The summed E-state index contributed by atoms with van der Waals surface area (Å²) in [7, 11) is 5.75. The summed E-state index contributed by atoms with van der Waals surface area (Å²) in [5, 5.41) is 74.9. The van der Waals surface area contributed by atoms with Gasteiger partial charge in [-0.3, -0.25) is 25.5 Å². The smallest absolute Gasteiger partial charge is 0.458 e. The lowest BCUT2D eigenvalue weighted by Crippen LogP contribution is -2.56. The number of aromatic nitrogens is 14. The number of nitrogens with two attached hydrogens (primary N) is 3. The number of ketones is 1. The van der Waals surface area contributed by atoms with Gasteiger partial charge < -0.3 is 90.9 Å². The van der Waals surface area contributed by atoms with Gasteiger partial charge in [-0.25, -0.2) is 43.7 Å². The number of hydrogen-bond acceptors (Lipinski definition) is 28. The highest BCUT2D eigenvalue weighted by molar-refractivity contribution is 8.11. The number of nitro groups is 1. The Hall–Kier alpha value is -10.7. The molecule has 19 rings (SSSR count). The number of carbonyl (C=O) groups is 3. The molecule has 42 heteroatoms. The molecule has 36 nitrogen and oxygen atoms in total. The number of para-hydroxylation sites is 2. The van der Waals surface area contributed by atoms with Crippen LogP contribution in [-0.4, -0.2) is 219 Å². The maximum absolute atomic E-state index is 11.7. The third kappa shape index (κ3) is 21.1. The SMILES string of the molecule is CN(C)CCOc1ccc(/C(=C(/CCCl)c2ccccc2)c2ccccc2)cc1.C[C@]12C=CC(=O)C=C1CC[C@@H]1[C@@H]2CC[C@]2(C)OC(=O)CC[C@@H]12.Cn1cnc([N+](=O)[O-])c1Sc1nc(=N)[nH]c2[nH]cnc12.NC(=O)c1csc([C@@H]2O[C@H](CO)[C@@H](O)[C@H]2O)n1.Nc1n[n+]([O-])c2ccccc2[n+]1[O-].Nc1nc(=S)c2[nH]cnc2[nH]1.S=P(N1CC1)(N1CC1)N1CC1. The predicted molar refractivity (Wildman–Crippen MR) is 470 cm³/mol. The highest BCUT2D eigenvalue weighted by atomic mass is 35.5. The summed E-state index contributed by atoms with van der Waals surface area (Å²) in [5.41, 5.74) is 25.6. The first kappa shape index (κ1) is 90.0. The van der Waals surface area contributed by atoms with E-state index in [0.29, 0.717) is 88.3 Å². The van der Waals surface area contributed by atoms with Crippen LogP contribution in [0.25, 0.3) is 44.5 Å². The molecule has 0 bridgehead atoms. The molecule has 9 atom stereocenters. The zero-order valence-electron chi connectivity index (χ0n) is 67.8. The van der Waals surface area contributed by atoms with Crippen LogP contribution >= 0.6 is 53.4 Å². The number of carbonyl (C=O) groups excluding carboxylic acids is 3. The molecule has 648 valence electrons. The van der Waals surface area contributed by atoms with Gasteiger partial charge in [0.15, 0.2) is 26.6 Å². The highest BCUT2D eigenvalue weighted by Crippen LogP contribution is 2.66. The van der Waals surface area contributed by atoms with Crippen LogP contribution < -0.4 is 37.1 Å². The number of fused-ring (bicyclic) bond motifs is 8. The number of allylic oxidation sites excluding steroid dienone is 5. The monoisotopic (exact) mass is 1790 g/mol. The number of nitrogens with one attached hydrogen (secondary N) is 5. The number of likely N-dealkylation sites (N-methyl/N-ethyl adjacent to an activating group) is 1. The van der Waals surface area contributed by atoms with Gasteiger partial charge in [-0.15, -0.1) is 22.9 Å². The van der Waals surface area contributed by atoms with Crippen LogP contribution in [0.3, 0.4) is 0 Å². The first-order valence-corrected chi connectivity index (χ1v) is 44.9. The lowest BCUT2D eigenvalue weighted by atomic mass is 9.49. The number of esters is 1. The van der Waals surface area contributed by atoms with E-state index in [1.165, 1.54) is 114 Å². The largest absolute Gasteiger partial charge is 0.739 e. The second-order valence-electron chi connectivity index (χ2n) is 30.7. The van der Waals surface area contributed by atoms with Gasteiger partial charge in [0.25, 0.3) is 11.4 Å². The standard InChI is InChI=1S/C26H28ClNO.C19H24O3.C9H8N8O2S.C9H12N2O5S.C7H6N4O2.C6H12N3PS.C5H5N5S/c1-28(2)19-20-29-24-15-13-23(14-16-24)26(22-11-7-4-8-12-22)25(17-18-27)21-9-5-3-6-10-21;1-18-9-7-13(20)11-12(18)3-4-14-15(18)8-10-19(2)16(14)5-6-17(21)22-19;1-16-3-13-6(17(18)19)8(16)20-7-4-5(12-2-11-4)14-9(10)15-7;10-8(15)3-2-17-9(11-3)7-6(14)5(13)4(1-12)16-7;8-7-9-11(13)6-4-2-1-3-5(6)10(7)12;11-10(7-1-2-7,8-3-4-8)9-5-6-9;6-5-9-3-2(4(11)10-5)7-1-8-3/h3-16H,17-20H2,1-2H3;7,9,11,14-16H,3-6,8,10H2,1-2H3;2-3H,1H3,(H3,10,11,12,14,15);2,4-7,12-14H,1H2,(H2,10,15);1-4H,(H2,8,9);1-6H2;1H,(H4,6,7,8,9,10,11)/b26-25-;;;;;;/t;14-,15+,16+,18+,19+;;4-,5-,6-,7-;;;/m.1.1.../s1. The van der Waals surface area contributed by atoms with E-state index in [4.69, 9.17) is 77.6 Å². The van der Waals surface area contributed by atoms with E-state index in [2.05, 4.69) is 167 Å². The maximum atomic E-state index is 11.7. The second kappa shape index (κ2) is 39.4. The minimum atomic E-state index is -1.27. The summed E-state index contributed by atoms with van der Waals surface area (Å²) >= 11 is 19.0. The Morgan fingerprint density at radius 1 is 0.854 bits per heavy atom. The van der Waals surface area contributed by atoms with Gasteiger partial charge in [0.2, 0.25) is 23.0 Å². The molecule has 11 aromatic rings. The minimum Gasteiger partial charge on any atom is -0.739 e. The van der Waals surface area contributed by atoms with Gasteiger partial charge in [0.05, 0.1) is 19.3 Å². The van der Waals surface area contributed by atoms with E-state index in [-0.39, 0.29) is 62.8 Å². The van der Waals surface area contributed by atoms with Crippen LogP contribution in [0.15, 0.2) is 167 Å². The van der Waals surface area contributed by atoms with Gasteiger partial charge in [-0.2, -0.15) is 0 Å². The molecule has 3 aliphatic carbocycles. The summed E-state index contributed by atoms with van der Waals surface area (Å²) in [4.78, 5) is 81.8. The van der Waals surface area contributed by atoms with E-state index in [0.717, 1.165) is 73.9 Å². The Morgan fingerprint density at radius 2 is 1.50 bits per heavy atom. The number of amides is 1. The van der Waals surface area contributed by atoms with Crippen molar-refractivity contribution < 1.29 is 58.4 Å². The average Bonchev–Trinajstić information content (AvgIpc) is 0.854. The van der Waals surface area contributed by atoms with Crippen LogP contribution in [0.1, 0.15) is 97.1 Å². The number of ether oxygens (including phenoxy) is 3. The first-order valence-electron chi connectivity index (χ1n) is 39.6. The fraction of sp³-hybridized carbons (Fsp3) is 0.383.